The molecule has 1 atom stereocenters. The Bertz CT molecular complexity index is 924. The highest BCUT2D eigenvalue weighted by Crippen LogP contribution is 2.31. The van der Waals surface area contributed by atoms with Gasteiger partial charge in [-0.15, -0.1) is 0 Å². The van der Waals surface area contributed by atoms with Crippen molar-refractivity contribution in [3.8, 4) is 5.75 Å². The van der Waals surface area contributed by atoms with Gasteiger partial charge in [-0.3, -0.25) is 4.79 Å². The van der Waals surface area contributed by atoms with Gasteiger partial charge in [0.15, 0.2) is 5.54 Å². The van der Waals surface area contributed by atoms with Crippen LogP contribution in [-0.4, -0.2) is 60.3 Å². The van der Waals surface area contributed by atoms with E-state index in [2.05, 4.69) is 15.9 Å². The van der Waals surface area contributed by atoms with E-state index in [1.165, 1.54) is 0 Å². The van der Waals surface area contributed by atoms with Crippen LogP contribution in [0, 0.1) is 0 Å². The average molecular weight is 487 g/mol. The number of aliphatic imine (C=N–C) groups is 1. The Morgan fingerprint density at radius 3 is 2.52 bits per heavy atom. The molecule has 0 aliphatic carbocycles. The Kier molecular flexibility index (Phi) is 6.92. The van der Waals surface area contributed by atoms with E-state index >= 15 is 0 Å². The lowest BCUT2D eigenvalue weighted by Crippen LogP contribution is -2.49. The maximum absolute atomic E-state index is 13.5. The number of halogens is 1. The summed E-state index contributed by atoms with van der Waals surface area (Å²) in [5.41, 5.74) is 0.933. The SMILES string of the molecule is O=C(N1CCCC1)[C@@]1(Cc2ccc(Br)cc2)COC(c2ccc(OCCCO)cc2)=N1. The number of nitrogens with zero attached hydrogens (tertiary/aromatic N) is 2. The molecule has 0 saturated carbocycles. The molecule has 0 aromatic heterocycles. The molecule has 2 aliphatic rings. The molecule has 1 N–H and O–H groups in total. The predicted octanol–water partition coefficient (Wildman–Crippen LogP) is 3.59. The third-order valence-corrected chi connectivity index (χ3v) is 6.17. The zero-order chi connectivity index (χ0) is 21.7. The van der Waals surface area contributed by atoms with E-state index in [0.29, 0.717) is 25.3 Å². The largest absolute Gasteiger partial charge is 0.494 e. The number of aliphatic hydroxyl groups is 1. The second-order valence-corrected chi connectivity index (χ2v) is 8.91. The van der Waals surface area contributed by atoms with E-state index in [4.69, 9.17) is 19.6 Å². The number of benzene rings is 2. The number of ether oxygens (including phenoxy) is 2. The molecule has 1 saturated heterocycles. The molecule has 2 heterocycles. The van der Waals surface area contributed by atoms with Crippen LogP contribution in [0.2, 0.25) is 0 Å². The van der Waals surface area contributed by atoms with Gasteiger partial charge in [0.25, 0.3) is 5.91 Å². The molecule has 7 heteroatoms. The lowest BCUT2D eigenvalue weighted by atomic mass is 9.91. The molecule has 1 amide bonds. The van der Waals surface area contributed by atoms with Crippen LogP contribution in [0.15, 0.2) is 58.0 Å². The lowest BCUT2D eigenvalue weighted by molar-refractivity contribution is -0.136. The number of hydrogen-bond acceptors (Lipinski definition) is 5. The number of carbonyl (C=O) groups is 1. The summed E-state index contributed by atoms with van der Waals surface area (Å²) in [6, 6.07) is 15.5. The van der Waals surface area contributed by atoms with E-state index in [9.17, 15) is 4.79 Å². The first-order valence-corrected chi connectivity index (χ1v) is 11.5. The second-order valence-electron chi connectivity index (χ2n) is 7.99. The van der Waals surface area contributed by atoms with E-state index in [1.54, 1.807) is 0 Å². The minimum Gasteiger partial charge on any atom is -0.494 e. The Morgan fingerprint density at radius 2 is 1.84 bits per heavy atom. The predicted molar refractivity (Wildman–Crippen MR) is 123 cm³/mol. The standard InChI is InChI=1S/C24H27BrN2O4/c25-20-8-4-18(5-9-20)16-24(23(29)27-12-1-2-13-27)17-31-22(26-24)19-6-10-21(11-7-19)30-15-3-14-28/h4-11,28H,1-3,12-17H2/t24-/m1/s1. The first-order chi connectivity index (χ1) is 15.1. The molecule has 1 fully saturated rings. The van der Waals surface area contributed by atoms with Gasteiger partial charge < -0.3 is 19.5 Å². The topological polar surface area (TPSA) is 71.4 Å². The molecule has 2 aromatic rings. The first-order valence-electron chi connectivity index (χ1n) is 10.7. The molecule has 31 heavy (non-hydrogen) atoms. The fraction of sp³-hybridized carbons (Fsp3) is 0.417. The third-order valence-electron chi connectivity index (χ3n) is 5.64. The van der Waals surface area contributed by atoms with Crippen molar-refractivity contribution in [3.05, 3.63) is 64.1 Å². The maximum atomic E-state index is 13.5. The number of rotatable bonds is 8. The van der Waals surface area contributed by atoms with Gasteiger partial charge in [-0.1, -0.05) is 28.1 Å². The molecule has 0 unspecified atom stereocenters. The van der Waals surface area contributed by atoms with Crippen LogP contribution in [-0.2, 0) is 16.0 Å². The van der Waals surface area contributed by atoms with Crippen molar-refractivity contribution in [1.82, 2.24) is 4.90 Å². The molecule has 0 bridgehead atoms. The Labute approximate surface area is 191 Å². The van der Waals surface area contributed by atoms with Gasteiger partial charge in [0.2, 0.25) is 5.90 Å². The van der Waals surface area contributed by atoms with Crippen molar-refractivity contribution in [1.29, 1.82) is 0 Å². The van der Waals surface area contributed by atoms with Crippen LogP contribution in [0.4, 0.5) is 0 Å². The molecular formula is C24H27BrN2O4. The zero-order valence-electron chi connectivity index (χ0n) is 17.4. The smallest absolute Gasteiger partial charge is 0.254 e. The monoisotopic (exact) mass is 486 g/mol. The highest BCUT2D eigenvalue weighted by Gasteiger charge is 2.47. The van der Waals surface area contributed by atoms with Gasteiger partial charge in [0, 0.05) is 42.6 Å². The van der Waals surface area contributed by atoms with Crippen molar-refractivity contribution >= 4 is 27.7 Å². The normalized spacial score (nSPS) is 20.5. The van der Waals surface area contributed by atoms with Crippen LogP contribution >= 0.6 is 15.9 Å². The summed E-state index contributed by atoms with van der Waals surface area (Å²) in [5.74, 6) is 1.27. The van der Waals surface area contributed by atoms with Crippen molar-refractivity contribution < 1.29 is 19.4 Å². The van der Waals surface area contributed by atoms with E-state index in [1.807, 2.05) is 53.4 Å². The number of aliphatic hydroxyl groups excluding tert-OH is 1. The van der Waals surface area contributed by atoms with Crippen molar-refractivity contribution in [2.24, 2.45) is 4.99 Å². The third kappa shape index (κ3) is 5.10. The lowest BCUT2D eigenvalue weighted by Gasteiger charge is -2.28. The summed E-state index contributed by atoms with van der Waals surface area (Å²) >= 11 is 3.47. The van der Waals surface area contributed by atoms with E-state index < -0.39 is 5.54 Å². The first kappa shape index (κ1) is 21.8. The van der Waals surface area contributed by atoms with Crippen LogP contribution < -0.4 is 4.74 Å². The van der Waals surface area contributed by atoms with Crippen LogP contribution in [0.25, 0.3) is 0 Å². The summed E-state index contributed by atoms with van der Waals surface area (Å²) in [4.78, 5) is 20.3. The minimum atomic E-state index is -0.941. The highest BCUT2D eigenvalue weighted by molar-refractivity contribution is 9.10. The van der Waals surface area contributed by atoms with Gasteiger partial charge in [-0.05, 0) is 54.8 Å². The van der Waals surface area contributed by atoms with Crippen LogP contribution in [0.3, 0.4) is 0 Å². The van der Waals surface area contributed by atoms with Crippen LogP contribution in [0.1, 0.15) is 30.4 Å². The number of hydrogen-bond donors (Lipinski definition) is 1. The molecule has 4 rings (SSSR count). The van der Waals surface area contributed by atoms with Crippen molar-refractivity contribution in [3.63, 3.8) is 0 Å². The Morgan fingerprint density at radius 1 is 1.13 bits per heavy atom. The maximum Gasteiger partial charge on any atom is 0.254 e. The van der Waals surface area contributed by atoms with E-state index in [-0.39, 0.29) is 19.1 Å². The van der Waals surface area contributed by atoms with Crippen LogP contribution in [0.5, 0.6) is 5.75 Å². The van der Waals surface area contributed by atoms with Crippen molar-refractivity contribution in [2.45, 2.75) is 31.2 Å². The minimum absolute atomic E-state index is 0.0480. The second kappa shape index (κ2) is 9.83. The molecule has 0 radical (unpaired) electrons. The summed E-state index contributed by atoms with van der Waals surface area (Å²) in [7, 11) is 0. The quantitative estimate of drug-likeness (QED) is 0.578. The number of likely N-dealkylation sites (tertiary alicyclic amines) is 1. The molecule has 2 aliphatic heterocycles. The zero-order valence-corrected chi connectivity index (χ0v) is 19.0. The summed E-state index contributed by atoms with van der Waals surface area (Å²) in [6.45, 7) is 2.38. The van der Waals surface area contributed by atoms with Gasteiger partial charge in [-0.25, -0.2) is 4.99 Å². The highest BCUT2D eigenvalue weighted by atomic mass is 79.9. The van der Waals surface area contributed by atoms with Gasteiger partial charge in [0.1, 0.15) is 12.4 Å². The molecule has 6 nitrogen and oxygen atoms in total. The van der Waals surface area contributed by atoms with Gasteiger partial charge in [0.05, 0.1) is 6.61 Å². The Hall–Kier alpha value is -2.38. The molecule has 0 spiro atoms. The van der Waals surface area contributed by atoms with Crippen molar-refractivity contribution in [2.75, 3.05) is 32.9 Å². The fourth-order valence-corrected chi connectivity index (χ4v) is 4.24. The summed E-state index contributed by atoms with van der Waals surface area (Å²) in [6.07, 6.45) is 3.17. The summed E-state index contributed by atoms with van der Waals surface area (Å²) in [5, 5.41) is 8.88. The average Bonchev–Trinajstić information content (AvgIpc) is 3.47. The number of amides is 1. The van der Waals surface area contributed by atoms with Gasteiger partial charge >= 0.3 is 0 Å². The Balaban J connectivity index is 1.58. The van der Waals surface area contributed by atoms with E-state index in [0.717, 1.165) is 47.3 Å². The number of carbonyl (C=O) groups excluding carboxylic acids is 1. The molecule has 164 valence electrons. The molecular weight excluding hydrogens is 460 g/mol. The summed E-state index contributed by atoms with van der Waals surface area (Å²) < 4.78 is 12.6. The fourth-order valence-electron chi connectivity index (χ4n) is 3.97. The van der Waals surface area contributed by atoms with Gasteiger partial charge in [-0.2, -0.15) is 0 Å². The molecule has 2 aromatic carbocycles.